The maximum atomic E-state index is 11.3. The van der Waals surface area contributed by atoms with Crippen LogP contribution < -0.4 is 10.9 Å². The smallest absolute Gasteiger partial charge is 0.234 e. The summed E-state index contributed by atoms with van der Waals surface area (Å²) in [5.74, 6) is 0.0500. The van der Waals surface area contributed by atoms with Crippen LogP contribution in [0.2, 0.25) is 0 Å². The van der Waals surface area contributed by atoms with Crippen molar-refractivity contribution in [2.45, 2.75) is 40.0 Å². The average Bonchev–Trinajstić information content (AvgIpc) is 2.29. The molecule has 0 aliphatic carbocycles. The number of aryl methyl sites for hydroxylation is 2. The van der Waals surface area contributed by atoms with E-state index in [1.165, 1.54) is 22.3 Å². The van der Waals surface area contributed by atoms with Crippen LogP contribution in [0.25, 0.3) is 0 Å². The molecule has 1 rings (SSSR count). The van der Waals surface area contributed by atoms with Crippen LogP contribution in [0.4, 0.5) is 0 Å². The summed E-state index contributed by atoms with van der Waals surface area (Å²) < 4.78 is 0. The number of hydrogen-bond donors (Lipinski definition) is 2. The van der Waals surface area contributed by atoms with E-state index in [0.717, 1.165) is 12.8 Å². The maximum Gasteiger partial charge on any atom is 0.234 e. The molecule has 1 amide bonds. The number of carbonyl (C=O) groups excluding carboxylic acids is 1. The van der Waals surface area contributed by atoms with E-state index in [1.54, 1.807) is 7.05 Å². The molecule has 94 valence electrons. The monoisotopic (exact) mass is 234 g/mol. The van der Waals surface area contributed by atoms with Crippen molar-refractivity contribution in [2.24, 2.45) is 0 Å². The molecule has 1 aromatic rings. The van der Waals surface area contributed by atoms with E-state index < -0.39 is 0 Å². The minimum Gasteiger partial charge on any atom is -0.292 e. The van der Waals surface area contributed by atoms with Crippen LogP contribution in [0.15, 0.2) is 12.1 Å². The van der Waals surface area contributed by atoms with E-state index in [1.807, 2.05) is 0 Å². The lowest BCUT2D eigenvalue weighted by Gasteiger charge is -2.11. The zero-order valence-electron chi connectivity index (χ0n) is 11.2. The average molecular weight is 234 g/mol. The summed E-state index contributed by atoms with van der Waals surface area (Å²) in [4.78, 5) is 11.3. The second-order valence-corrected chi connectivity index (χ2v) is 4.44. The molecule has 0 saturated carbocycles. The first kappa shape index (κ1) is 13.7. The van der Waals surface area contributed by atoms with Gasteiger partial charge in [-0.1, -0.05) is 12.1 Å². The number of hydrogen-bond acceptors (Lipinski definition) is 2. The summed E-state index contributed by atoms with van der Waals surface area (Å²) in [6.45, 7) is 6.44. The fourth-order valence-corrected chi connectivity index (χ4v) is 1.92. The highest BCUT2D eigenvalue weighted by Crippen LogP contribution is 2.18. The lowest BCUT2D eigenvalue weighted by atomic mass is 9.95. The molecule has 2 N–H and O–H groups in total. The molecule has 0 aliphatic heterocycles. The predicted molar refractivity (Wildman–Crippen MR) is 70.8 cm³/mol. The van der Waals surface area contributed by atoms with Crippen LogP contribution in [0.5, 0.6) is 0 Å². The predicted octanol–water partition coefficient (Wildman–Crippen LogP) is 2.19. The molecular weight excluding hydrogens is 212 g/mol. The molecule has 0 saturated heterocycles. The Labute approximate surface area is 104 Å². The topological polar surface area (TPSA) is 41.1 Å². The molecule has 0 aromatic heterocycles. The van der Waals surface area contributed by atoms with Crippen LogP contribution in [0.3, 0.4) is 0 Å². The molecule has 0 heterocycles. The molecule has 0 bridgehead atoms. The van der Waals surface area contributed by atoms with Crippen molar-refractivity contribution < 1.29 is 4.79 Å². The van der Waals surface area contributed by atoms with Crippen LogP contribution in [-0.2, 0) is 11.2 Å². The zero-order chi connectivity index (χ0) is 12.8. The summed E-state index contributed by atoms with van der Waals surface area (Å²) in [5, 5.41) is 0. The second-order valence-electron chi connectivity index (χ2n) is 4.44. The third kappa shape index (κ3) is 3.86. The van der Waals surface area contributed by atoms with E-state index >= 15 is 0 Å². The number of benzene rings is 1. The zero-order valence-corrected chi connectivity index (χ0v) is 11.2. The van der Waals surface area contributed by atoms with Gasteiger partial charge in [-0.3, -0.25) is 10.2 Å². The van der Waals surface area contributed by atoms with Crippen LogP contribution in [-0.4, -0.2) is 13.0 Å². The first-order valence-electron chi connectivity index (χ1n) is 6.07. The largest absolute Gasteiger partial charge is 0.292 e. The summed E-state index contributed by atoms with van der Waals surface area (Å²) in [5.41, 5.74) is 10.6. The van der Waals surface area contributed by atoms with Crippen molar-refractivity contribution in [3.63, 3.8) is 0 Å². The summed E-state index contributed by atoms with van der Waals surface area (Å²) in [6, 6.07) is 4.33. The highest BCUT2D eigenvalue weighted by atomic mass is 16.2. The molecule has 0 radical (unpaired) electrons. The molecule has 17 heavy (non-hydrogen) atoms. The summed E-state index contributed by atoms with van der Waals surface area (Å²) in [7, 11) is 1.70. The Balaban J connectivity index is 2.53. The van der Waals surface area contributed by atoms with Gasteiger partial charge in [-0.15, -0.1) is 0 Å². The minimum atomic E-state index is 0.0500. The van der Waals surface area contributed by atoms with Crippen molar-refractivity contribution >= 4 is 5.91 Å². The van der Waals surface area contributed by atoms with E-state index in [9.17, 15) is 4.79 Å². The van der Waals surface area contributed by atoms with Crippen LogP contribution >= 0.6 is 0 Å². The number of amides is 1. The fraction of sp³-hybridized carbons (Fsp3) is 0.500. The lowest BCUT2D eigenvalue weighted by molar-refractivity contribution is -0.122. The molecule has 3 heteroatoms. The van der Waals surface area contributed by atoms with Gasteiger partial charge in [0.05, 0.1) is 0 Å². The second kappa shape index (κ2) is 6.40. The van der Waals surface area contributed by atoms with Gasteiger partial charge < -0.3 is 0 Å². The van der Waals surface area contributed by atoms with Gasteiger partial charge in [0.25, 0.3) is 0 Å². The van der Waals surface area contributed by atoms with E-state index in [2.05, 4.69) is 43.8 Å². The fourth-order valence-electron chi connectivity index (χ4n) is 1.92. The quantitative estimate of drug-likeness (QED) is 0.767. The van der Waals surface area contributed by atoms with E-state index in [0.29, 0.717) is 6.42 Å². The molecule has 0 fully saturated rings. The first-order chi connectivity index (χ1) is 8.06. The van der Waals surface area contributed by atoms with E-state index in [-0.39, 0.29) is 5.91 Å². The Hall–Kier alpha value is -1.35. The SMILES string of the molecule is CNNC(=O)CCCc1ccc(C)c(C)c1C. The Bertz CT molecular complexity index is 399. The molecular formula is C14H22N2O. The normalized spacial score (nSPS) is 10.4. The van der Waals surface area contributed by atoms with Crippen LogP contribution in [0.1, 0.15) is 35.1 Å². The van der Waals surface area contributed by atoms with Gasteiger partial charge in [-0.05, 0) is 55.9 Å². The Morgan fingerprint density at radius 1 is 1.18 bits per heavy atom. The van der Waals surface area contributed by atoms with Gasteiger partial charge >= 0.3 is 0 Å². The van der Waals surface area contributed by atoms with Crippen molar-refractivity contribution in [3.05, 3.63) is 34.4 Å². The molecule has 0 atom stereocenters. The number of carbonyl (C=O) groups is 1. The van der Waals surface area contributed by atoms with Gasteiger partial charge in [-0.25, -0.2) is 5.43 Å². The Morgan fingerprint density at radius 2 is 1.88 bits per heavy atom. The molecule has 3 nitrogen and oxygen atoms in total. The number of nitrogens with one attached hydrogen (secondary N) is 2. The van der Waals surface area contributed by atoms with Crippen molar-refractivity contribution in [1.82, 2.24) is 10.9 Å². The molecule has 0 unspecified atom stereocenters. The van der Waals surface area contributed by atoms with Crippen molar-refractivity contribution in [1.29, 1.82) is 0 Å². The number of hydrazine groups is 1. The third-order valence-electron chi connectivity index (χ3n) is 3.28. The molecule has 1 aromatic carbocycles. The lowest BCUT2D eigenvalue weighted by Crippen LogP contribution is -2.33. The highest BCUT2D eigenvalue weighted by Gasteiger charge is 2.05. The van der Waals surface area contributed by atoms with Gasteiger partial charge in [-0.2, -0.15) is 0 Å². The standard InChI is InChI=1S/C14H22N2O/c1-10-8-9-13(12(3)11(10)2)6-5-7-14(17)16-15-4/h8-9,15H,5-7H2,1-4H3,(H,16,17). The van der Waals surface area contributed by atoms with Gasteiger partial charge in [0.2, 0.25) is 5.91 Å². The van der Waals surface area contributed by atoms with Crippen LogP contribution in [0, 0.1) is 20.8 Å². The summed E-state index contributed by atoms with van der Waals surface area (Å²) >= 11 is 0. The Morgan fingerprint density at radius 3 is 2.53 bits per heavy atom. The van der Waals surface area contributed by atoms with Gasteiger partial charge in [0.1, 0.15) is 0 Å². The Kier molecular flexibility index (Phi) is 5.16. The maximum absolute atomic E-state index is 11.3. The molecule has 0 aliphatic rings. The van der Waals surface area contributed by atoms with Crippen molar-refractivity contribution in [3.8, 4) is 0 Å². The van der Waals surface area contributed by atoms with Gasteiger partial charge in [0.15, 0.2) is 0 Å². The first-order valence-corrected chi connectivity index (χ1v) is 6.07. The van der Waals surface area contributed by atoms with Gasteiger partial charge in [0, 0.05) is 13.5 Å². The summed E-state index contributed by atoms with van der Waals surface area (Å²) in [6.07, 6.45) is 2.41. The van der Waals surface area contributed by atoms with Crippen molar-refractivity contribution in [2.75, 3.05) is 7.05 Å². The molecule has 0 spiro atoms. The third-order valence-corrected chi connectivity index (χ3v) is 3.28. The van der Waals surface area contributed by atoms with E-state index in [4.69, 9.17) is 0 Å². The highest BCUT2D eigenvalue weighted by molar-refractivity contribution is 5.75. The number of rotatable bonds is 5. The minimum absolute atomic E-state index is 0.0500.